The van der Waals surface area contributed by atoms with E-state index in [1.165, 1.54) is 0 Å². The molecule has 1 amide bonds. The molecule has 0 spiro atoms. The van der Waals surface area contributed by atoms with Crippen LogP contribution in [0.3, 0.4) is 0 Å². The van der Waals surface area contributed by atoms with Gasteiger partial charge in [-0.25, -0.2) is 0 Å². The number of anilines is 1. The fourth-order valence-corrected chi connectivity index (χ4v) is 3.05. The summed E-state index contributed by atoms with van der Waals surface area (Å²) in [6, 6.07) is 24.3. The fraction of sp³-hybridized carbons (Fsp3) is 0.125. The van der Waals surface area contributed by atoms with Gasteiger partial charge in [-0.15, -0.1) is 0 Å². The van der Waals surface area contributed by atoms with Crippen LogP contribution < -0.4 is 10.1 Å². The molecule has 4 rings (SSSR count). The van der Waals surface area contributed by atoms with E-state index in [2.05, 4.69) is 5.32 Å². The van der Waals surface area contributed by atoms with Gasteiger partial charge in [0.25, 0.3) is 5.91 Å². The molecular formula is C24H21NO4. The van der Waals surface area contributed by atoms with Crippen molar-refractivity contribution < 1.29 is 18.7 Å². The van der Waals surface area contributed by atoms with Crippen molar-refractivity contribution in [2.24, 2.45) is 0 Å². The monoisotopic (exact) mass is 387 g/mol. The fourth-order valence-electron chi connectivity index (χ4n) is 3.05. The quantitative estimate of drug-likeness (QED) is 0.422. The average Bonchev–Trinajstić information content (AvgIpc) is 3.13. The van der Waals surface area contributed by atoms with Crippen LogP contribution in [0.15, 0.2) is 83.3 Å². The molecule has 0 aliphatic carbocycles. The molecule has 0 atom stereocenters. The van der Waals surface area contributed by atoms with E-state index in [1.807, 2.05) is 73.7 Å². The first-order valence-electron chi connectivity index (χ1n) is 9.47. The number of amides is 1. The van der Waals surface area contributed by atoms with E-state index in [1.54, 1.807) is 12.1 Å². The topological polar surface area (TPSA) is 60.7 Å². The average molecular weight is 387 g/mol. The standard InChI is InChI=1S/C24H21NO4/c1-2-27-16-21-20-10-6-7-11-22(20)29-23(21)24(26)25-17-12-14-19(15-13-17)28-18-8-4-3-5-9-18/h3-15H,2,16H2,1H3,(H,25,26). The molecule has 146 valence electrons. The number of ether oxygens (including phenoxy) is 2. The molecule has 0 radical (unpaired) electrons. The maximum Gasteiger partial charge on any atom is 0.291 e. The van der Waals surface area contributed by atoms with Gasteiger partial charge >= 0.3 is 0 Å². The molecule has 0 aliphatic heterocycles. The minimum absolute atomic E-state index is 0.268. The molecule has 5 nitrogen and oxygen atoms in total. The molecule has 0 saturated carbocycles. The summed E-state index contributed by atoms with van der Waals surface area (Å²) in [5.74, 6) is 1.40. The van der Waals surface area contributed by atoms with E-state index in [4.69, 9.17) is 13.9 Å². The highest BCUT2D eigenvalue weighted by molar-refractivity contribution is 6.06. The molecule has 1 heterocycles. The zero-order chi connectivity index (χ0) is 20.1. The van der Waals surface area contributed by atoms with Crippen molar-refractivity contribution in [3.05, 3.63) is 90.2 Å². The molecule has 1 aromatic heterocycles. The van der Waals surface area contributed by atoms with Crippen LogP contribution in [0, 0.1) is 0 Å². The number of fused-ring (bicyclic) bond motifs is 1. The summed E-state index contributed by atoms with van der Waals surface area (Å²) in [5, 5.41) is 3.77. The van der Waals surface area contributed by atoms with Gasteiger partial charge in [-0.05, 0) is 49.4 Å². The van der Waals surface area contributed by atoms with Crippen molar-refractivity contribution in [1.29, 1.82) is 0 Å². The van der Waals surface area contributed by atoms with Crippen LogP contribution in [-0.4, -0.2) is 12.5 Å². The van der Waals surface area contributed by atoms with Gasteiger partial charge in [-0.2, -0.15) is 0 Å². The number of carbonyl (C=O) groups is 1. The Balaban J connectivity index is 1.52. The van der Waals surface area contributed by atoms with Crippen molar-refractivity contribution in [2.75, 3.05) is 11.9 Å². The van der Waals surface area contributed by atoms with Crippen LogP contribution in [-0.2, 0) is 11.3 Å². The van der Waals surface area contributed by atoms with Crippen LogP contribution in [0.5, 0.6) is 11.5 Å². The minimum Gasteiger partial charge on any atom is -0.457 e. The Bertz CT molecular complexity index is 1100. The molecule has 4 aromatic rings. The first kappa shape index (κ1) is 18.8. The number of nitrogens with one attached hydrogen (secondary N) is 1. The van der Waals surface area contributed by atoms with Gasteiger partial charge in [0.2, 0.25) is 0 Å². The molecule has 0 saturated heterocycles. The Morgan fingerprint density at radius 2 is 1.59 bits per heavy atom. The summed E-state index contributed by atoms with van der Waals surface area (Å²) >= 11 is 0. The van der Waals surface area contributed by atoms with E-state index in [9.17, 15) is 4.79 Å². The molecule has 1 N–H and O–H groups in total. The third-order valence-corrected chi connectivity index (χ3v) is 4.45. The lowest BCUT2D eigenvalue weighted by atomic mass is 10.1. The van der Waals surface area contributed by atoms with Gasteiger partial charge in [0.15, 0.2) is 5.76 Å². The predicted octanol–water partition coefficient (Wildman–Crippen LogP) is 6.01. The summed E-state index contributed by atoms with van der Waals surface area (Å²) < 4.78 is 17.1. The highest BCUT2D eigenvalue weighted by atomic mass is 16.5. The largest absolute Gasteiger partial charge is 0.457 e. The summed E-state index contributed by atoms with van der Waals surface area (Å²) in [4.78, 5) is 12.9. The first-order valence-corrected chi connectivity index (χ1v) is 9.47. The highest BCUT2D eigenvalue weighted by Gasteiger charge is 2.20. The zero-order valence-corrected chi connectivity index (χ0v) is 16.1. The Labute approximate surface area is 168 Å². The second-order valence-corrected chi connectivity index (χ2v) is 6.44. The van der Waals surface area contributed by atoms with Crippen LogP contribution in [0.1, 0.15) is 23.0 Å². The van der Waals surface area contributed by atoms with Gasteiger partial charge in [0.05, 0.1) is 6.61 Å². The van der Waals surface area contributed by atoms with Gasteiger partial charge in [0.1, 0.15) is 17.1 Å². The van der Waals surface area contributed by atoms with Crippen LogP contribution in [0.25, 0.3) is 11.0 Å². The zero-order valence-electron chi connectivity index (χ0n) is 16.1. The van der Waals surface area contributed by atoms with Gasteiger partial charge in [0, 0.05) is 23.2 Å². The minimum atomic E-state index is -0.312. The SMILES string of the molecule is CCOCc1c(C(=O)Nc2ccc(Oc3ccccc3)cc2)oc2ccccc12. The molecule has 0 bridgehead atoms. The first-order chi connectivity index (χ1) is 14.2. The van der Waals surface area contributed by atoms with Gasteiger partial charge < -0.3 is 19.2 Å². The van der Waals surface area contributed by atoms with Crippen molar-refractivity contribution in [2.45, 2.75) is 13.5 Å². The molecular weight excluding hydrogens is 366 g/mol. The van der Waals surface area contributed by atoms with Crippen molar-refractivity contribution in [3.63, 3.8) is 0 Å². The lowest BCUT2D eigenvalue weighted by Crippen LogP contribution is -2.13. The Kier molecular flexibility index (Phi) is 5.59. The second-order valence-electron chi connectivity index (χ2n) is 6.44. The summed E-state index contributed by atoms with van der Waals surface area (Å²) in [5.41, 5.74) is 2.07. The molecule has 3 aromatic carbocycles. The maximum atomic E-state index is 12.9. The third kappa shape index (κ3) is 4.31. The van der Waals surface area contributed by atoms with Crippen LogP contribution >= 0.6 is 0 Å². The molecule has 29 heavy (non-hydrogen) atoms. The van der Waals surface area contributed by atoms with E-state index in [0.717, 1.165) is 16.7 Å². The summed E-state index contributed by atoms with van der Waals surface area (Å²) in [6.45, 7) is 2.80. The number of hydrogen-bond acceptors (Lipinski definition) is 4. The number of benzene rings is 3. The van der Waals surface area contributed by atoms with Crippen LogP contribution in [0.4, 0.5) is 5.69 Å². The molecule has 0 unspecified atom stereocenters. The van der Waals surface area contributed by atoms with E-state index >= 15 is 0 Å². The van der Waals surface area contributed by atoms with Crippen LogP contribution in [0.2, 0.25) is 0 Å². The van der Waals surface area contributed by atoms with Gasteiger partial charge in [-0.1, -0.05) is 36.4 Å². The van der Waals surface area contributed by atoms with Crippen molar-refractivity contribution >= 4 is 22.6 Å². The van der Waals surface area contributed by atoms with Gasteiger partial charge in [-0.3, -0.25) is 4.79 Å². The summed E-state index contributed by atoms with van der Waals surface area (Å²) in [7, 11) is 0. The number of carbonyl (C=O) groups excluding carboxylic acids is 1. The number of furan rings is 1. The number of para-hydroxylation sites is 2. The second kappa shape index (κ2) is 8.63. The highest BCUT2D eigenvalue weighted by Crippen LogP contribution is 2.28. The lowest BCUT2D eigenvalue weighted by Gasteiger charge is -2.08. The Morgan fingerprint density at radius 3 is 2.34 bits per heavy atom. The summed E-state index contributed by atoms with van der Waals surface area (Å²) in [6.07, 6.45) is 0. The number of hydrogen-bond donors (Lipinski definition) is 1. The van der Waals surface area contributed by atoms with Crippen molar-refractivity contribution in [1.82, 2.24) is 0 Å². The van der Waals surface area contributed by atoms with E-state index < -0.39 is 0 Å². The number of rotatable bonds is 7. The normalized spacial score (nSPS) is 10.8. The van der Waals surface area contributed by atoms with E-state index in [-0.39, 0.29) is 11.7 Å². The Hall–Kier alpha value is -3.57. The Morgan fingerprint density at radius 1 is 0.897 bits per heavy atom. The third-order valence-electron chi connectivity index (χ3n) is 4.45. The maximum absolute atomic E-state index is 12.9. The van der Waals surface area contributed by atoms with Crippen molar-refractivity contribution in [3.8, 4) is 11.5 Å². The predicted molar refractivity (Wildman–Crippen MR) is 112 cm³/mol. The van der Waals surface area contributed by atoms with E-state index in [0.29, 0.717) is 30.2 Å². The molecule has 0 fully saturated rings. The molecule has 0 aliphatic rings. The smallest absolute Gasteiger partial charge is 0.291 e. The molecule has 5 heteroatoms. The lowest BCUT2D eigenvalue weighted by molar-refractivity contribution is 0.0984.